The summed E-state index contributed by atoms with van der Waals surface area (Å²) in [4.78, 5) is 17.5. The number of aromatic nitrogens is 2. The Hall–Kier alpha value is -3.08. The fourth-order valence-corrected chi connectivity index (χ4v) is 2.03. The quantitative estimate of drug-likeness (QED) is 0.498. The van der Waals surface area contributed by atoms with E-state index in [9.17, 15) is 53.1 Å². The molecule has 1 aromatic carbocycles. The van der Waals surface area contributed by atoms with Crippen molar-refractivity contribution in [2.75, 3.05) is 0 Å². The lowest BCUT2D eigenvalue weighted by atomic mass is 10.1. The monoisotopic (exact) mass is 500 g/mol. The van der Waals surface area contributed by atoms with E-state index in [2.05, 4.69) is 14.7 Å². The van der Waals surface area contributed by atoms with E-state index >= 15 is 0 Å². The van der Waals surface area contributed by atoms with Crippen molar-refractivity contribution >= 4 is 5.97 Å². The van der Waals surface area contributed by atoms with Crippen molar-refractivity contribution in [3.05, 3.63) is 47.8 Å². The van der Waals surface area contributed by atoms with Crippen LogP contribution in [0.3, 0.4) is 0 Å². The highest BCUT2D eigenvalue weighted by Gasteiger charge is 2.73. The van der Waals surface area contributed by atoms with E-state index in [1.807, 2.05) is 0 Å². The second kappa shape index (κ2) is 8.36. The molecule has 0 radical (unpaired) electrons. The van der Waals surface area contributed by atoms with Crippen molar-refractivity contribution < 1.29 is 67.7 Å². The summed E-state index contributed by atoms with van der Waals surface area (Å²) in [5.74, 6) is -3.00. The van der Waals surface area contributed by atoms with Crippen molar-refractivity contribution in [3.8, 4) is 11.4 Å². The van der Waals surface area contributed by atoms with Gasteiger partial charge in [-0.1, -0.05) is 30.3 Å². The fraction of sp³-hybridized carbons (Fsp3) is 0.312. The Kier molecular flexibility index (Phi) is 6.63. The number of carbonyl (C=O) groups is 1. The van der Waals surface area contributed by atoms with Crippen molar-refractivity contribution in [1.29, 1.82) is 0 Å². The van der Waals surface area contributed by atoms with Crippen LogP contribution in [-0.4, -0.2) is 45.5 Å². The van der Waals surface area contributed by atoms with Gasteiger partial charge >= 0.3 is 36.6 Å². The smallest absolute Gasteiger partial charge is 0.478 e. The molecule has 0 saturated heterocycles. The molecule has 2 aromatic rings. The van der Waals surface area contributed by atoms with E-state index in [1.54, 1.807) is 4.74 Å². The minimum absolute atomic E-state index is 0.0864. The Morgan fingerprint density at radius 1 is 0.788 bits per heavy atom. The molecule has 0 aliphatic carbocycles. The second-order valence-corrected chi connectivity index (χ2v) is 5.90. The molecule has 0 aliphatic heterocycles. The Morgan fingerprint density at radius 2 is 1.30 bits per heavy atom. The van der Waals surface area contributed by atoms with Crippen LogP contribution < -0.4 is 0 Å². The van der Waals surface area contributed by atoms with Gasteiger partial charge < -0.3 is 5.11 Å². The molecule has 33 heavy (non-hydrogen) atoms. The molecule has 0 amide bonds. The van der Waals surface area contributed by atoms with Crippen LogP contribution in [0.4, 0.5) is 48.3 Å². The summed E-state index contributed by atoms with van der Waals surface area (Å²) in [5.41, 5.74) is -3.96. The molecule has 182 valence electrons. The van der Waals surface area contributed by atoms with Crippen LogP contribution in [0.15, 0.2) is 36.5 Å². The molecule has 17 heteroatoms. The summed E-state index contributed by atoms with van der Waals surface area (Å²) < 4.78 is 148. The maximum absolute atomic E-state index is 14.3. The van der Waals surface area contributed by atoms with Gasteiger partial charge in [0.15, 0.2) is 11.5 Å². The highest BCUT2D eigenvalue weighted by Crippen LogP contribution is 2.48. The molecule has 2 rings (SSSR count). The van der Waals surface area contributed by atoms with Crippen molar-refractivity contribution in [2.24, 2.45) is 0 Å². The maximum Gasteiger partial charge on any atom is 0.483 e. The lowest BCUT2D eigenvalue weighted by molar-refractivity contribution is -0.538. The second-order valence-electron chi connectivity index (χ2n) is 5.90. The van der Waals surface area contributed by atoms with E-state index in [-0.39, 0.29) is 11.8 Å². The van der Waals surface area contributed by atoms with E-state index < -0.39 is 53.7 Å². The van der Waals surface area contributed by atoms with Crippen LogP contribution in [0.25, 0.3) is 11.4 Å². The standard InChI is InChI=1S/C16H7F11N2O4/c17-12(18,32-15(24,25)16(26,27)33-14(22,23)13(19,20)21)9-8(11(30)31)6-28-10(29-9)7-4-2-1-3-5-7/h1-6H,(H,30,31). The van der Waals surface area contributed by atoms with Gasteiger partial charge in [-0.3, -0.25) is 0 Å². The first kappa shape index (κ1) is 26.2. The molecule has 0 atom stereocenters. The fourth-order valence-electron chi connectivity index (χ4n) is 2.03. The molecule has 0 fully saturated rings. The number of carboxylic acids is 1. The van der Waals surface area contributed by atoms with Crippen LogP contribution in [0, 0.1) is 0 Å². The van der Waals surface area contributed by atoms with E-state index in [1.165, 1.54) is 30.3 Å². The highest BCUT2D eigenvalue weighted by molar-refractivity contribution is 5.89. The van der Waals surface area contributed by atoms with Gasteiger partial charge in [0.05, 0.1) is 0 Å². The number of benzene rings is 1. The lowest BCUT2D eigenvalue weighted by Gasteiger charge is -2.31. The molecular weight excluding hydrogens is 493 g/mol. The predicted octanol–water partition coefficient (Wildman–Crippen LogP) is 5.27. The van der Waals surface area contributed by atoms with Gasteiger partial charge in [-0.05, 0) is 0 Å². The van der Waals surface area contributed by atoms with Gasteiger partial charge in [0.1, 0.15) is 5.56 Å². The van der Waals surface area contributed by atoms with Crippen LogP contribution in [0.1, 0.15) is 16.1 Å². The molecule has 1 aromatic heterocycles. The summed E-state index contributed by atoms with van der Waals surface area (Å²) in [5, 5.41) is 8.94. The highest BCUT2D eigenvalue weighted by atomic mass is 19.4. The van der Waals surface area contributed by atoms with Crippen LogP contribution in [0.2, 0.25) is 0 Å². The van der Waals surface area contributed by atoms with E-state index in [4.69, 9.17) is 5.11 Å². The molecule has 1 heterocycles. The Morgan fingerprint density at radius 3 is 1.79 bits per heavy atom. The summed E-state index contributed by atoms with van der Waals surface area (Å²) >= 11 is 0. The number of hydrogen-bond donors (Lipinski definition) is 1. The molecule has 0 unspecified atom stereocenters. The van der Waals surface area contributed by atoms with E-state index in [0.717, 1.165) is 0 Å². The Bertz CT molecular complexity index is 1010. The van der Waals surface area contributed by atoms with Crippen LogP contribution in [0.5, 0.6) is 0 Å². The predicted molar refractivity (Wildman–Crippen MR) is 81.4 cm³/mol. The normalized spacial score (nSPS) is 13.8. The first-order valence-electron chi connectivity index (χ1n) is 7.95. The zero-order valence-corrected chi connectivity index (χ0v) is 15.2. The lowest BCUT2D eigenvalue weighted by Crippen LogP contribution is -2.54. The molecule has 1 N–H and O–H groups in total. The summed E-state index contributed by atoms with van der Waals surface area (Å²) in [7, 11) is 0. The van der Waals surface area contributed by atoms with Gasteiger partial charge in [-0.15, -0.1) is 0 Å². The zero-order chi connectivity index (χ0) is 25.5. The Labute approximate surface area is 174 Å². The third kappa shape index (κ3) is 5.47. The summed E-state index contributed by atoms with van der Waals surface area (Å²) in [6.07, 6.45) is -33.3. The number of nitrogens with zero attached hydrogens (tertiary/aromatic N) is 2. The van der Waals surface area contributed by atoms with Crippen LogP contribution >= 0.6 is 0 Å². The van der Waals surface area contributed by atoms with Gasteiger partial charge in [-0.25, -0.2) is 24.2 Å². The summed E-state index contributed by atoms with van der Waals surface area (Å²) in [6, 6.07) is 6.46. The molecular formula is C16H7F11N2O4. The molecule has 0 spiro atoms. The number of ether oxygens (including phenoxy) is 2. The van der Waals surface area contributed by atoms with Crippen LogP contribution in [-0.2, 0) is 15.6 Å². The molecule has 0 aliphatic rings. The van der Waals surface area contributed by atoms with Crippen molar-refractivity contribution in [3.63, 3.8) is 0 Å². The van der Waals surface area contributed by atoms with Gasteiger partial charge in [0, 0.05) is 11.8 Å². The first-order chi connectivity index (χ1) is 14.8. The molecule has 6 nitrogen and oxygen atoms in total. The SMILES string of the molecule is O=C(O)c1cnc(-c2ccccc2)nc1C(F)(F)OC(F)(F)C(F)(F)OC(F)(F)C(F)(F)F. The van der Waals surface area contributed by atoms with Gasteiger partial charge in [0.2, 0.25) is 0 Å². The first-order valence-corrected chi connectivity index (χ1v) is 7.95. The van der Waals surface area contributed by atoms with Crippen molar-refractivity contribution in [2.45, 2.75) is 30.6 Å². The van der Waals surface area contributed by atoms with Gasteiger partial charge in [0.25, 0.3) is 0 Å². The number of hydrogen-bond acceptors (Lipinski definition) is 5. The number of halogens is 11. The maximum atomic E-state index is 14.3. The average molecular weight is 500 g/mol. The zero-order valence-electron chi connectivity index (χ0n) is 15.2. The largest absolute Gasteiger partial charge is 0.483 e. The Balaban J connectivity index is 2.49. The third-order valence-corrected chi connectivity index (χ3v) is 3.51. The van der Waals surface area contributed by atoms with Crippen molar-refractivity contribution in [1.82, 2.24) is 9.97 Å². The molecule has 0 saturated carbocycles. The number of rotatable bonds is 8. The molecule has 0 bridgehead atoms. The minimum Gasteiger partial charge on any atom is -0.478 e. The topological polar surface area (TPSA) is 81.5 Å². The number of aromatic carboxylic acids is 1. The third-order valence-electron chi connectivity index (χ3n) is 3.51. The minimum atomic E-state index is -6.98. The van der Waals surface area contributed by atoms with Gasteiger partial charge in [-0.2, -0.15) is 48.3 Å². The summed E-state index contributed by atoms with van der Waals surface area (Å²) in [6.45, 7) is 0. The van der Waals surface area contributed by atoms with E-state index in [0.29, 0.717) is 0 Å². The number of carboxylic acid groups (broad SMARTS) is 1. The number of alkyl halides is 11. The average Bonchev–Trinajstić information content (AvgIpc) is 2.65.